The predicted molar refractivity (Wildman–Crippen MR) is 102 cm³/mol. The van der Waals surface area contributed by atoms with Crippen molar-refractivity contribution >= 4 is 23.3 Å². The third-order valence-electron chi connectivity index (χ3n) is 4.28. The van der Waals surface area contributed by atoms with Crippen LogP contribution in [0.1, 0.15) is 6.42 Å². The highest BCUT2D eigenvalue weighted by Crippen LogP contribution is 2.21. The largest absolute Gasteiger partial charge is 0.520 e. The van der Waals surface area contributed by atoms with Gasteiger partial charge in [0, 0.05) is 60.9 Å². The van der Waals surface area contributed by atoms with Crippen LogP contribution in [-0.4, -0.2) is 73.0 Å². The zero-order chi connectivity index (χ0) is 18.8. The van der Waals surface area contributed by atoms with E-state index in [9.17, 15) is 0 Å². The molecule has 0 amide bonds. The highest BCUT2D eigenvalue weighted by molar-refractivity contribution is 6.61. The Hall–Kier alpha value is -0.786. The van der Waals surface area contributed by atoms with E-state index >= 15 is 0 Å². The van der Waals surface area contributed by atoms with E-state index in [4.69, 9.17) is 26.6 Å². The molecule has 9 heteroatoms. The second-order valence-corrected chi connectivity index (χ2v) is 11.4. The number of benzene rings is 1. The molecule has 0 aliphatic carbocycles. The summed E-state index contributed by atoms with van der Waals surface area (Å²) in [5.74, 6) is 0. The van der Waals surface area contributed by atoms with Crippen molar-refractivity contribution in [3.63, 3.8) is 0 Å². The fraction of sp³-hybridized carbons (Fsp3) is 0.625. The highest BCUT2D eigenvalue weighted by Gasteiger charge is 2.41. The first-order chi connectivity index (χ1) is 12.0. The first kappa shape index (κ1) is 22.3. The van der Waals surface area contributed by atoms with Crippen molar-refractivity contribution in [1.29, 1.82) is 0 Å². The van der Waals surface area contributed by atoms with Crippen LogP contribution in [0.15, 0.2) is 30.3 Å². The van der Waals surface area contributed by atoms with E-state index in [1.807, 2.05) is 18.2 Å². The minimum absolute atomic E-state index is 0.558. The predicted octanol–water partition coefficient (Wildman–Crippen LogP) is 2.18. The molecule has 0 saturated carbocycles. The summed E-state index contributed by atoms with van der Waals surface area (Å²) < 4.78 is 33.3. The molecule has 0 atom stereocenters. The van der Waals surface area contributed by atoms with Gasteiger partial charge in [0.2, 0.25) is 0 Å². The first-order valence-electron chi connectivity index (χ1n) is 8.15. The summed E-state index contributed by atoms with van der Waals surface area (Å²) >= 11 is 0. The summed E-state index contributed by atoms with van der Waals surface area (Å²) in [5, 5.41) is 0. The van der Waals surface area contributed by atoms with Crippen LogP contribution in [0.3, 0.4) is 0 Å². The standard InChI is InChI=1S/C16H31NO6Si2/c1-18-24(19-2,20-3)14-10-13-17(16-11-8-7-9-12-16)15-25(21-4,22-5)23-6/h7-9,11-12H,10,13-15H2,1-6H3. The van der Waals surface area contributed by atoms with Crippen molar-refractivity contribution in [1.82, 2.24) is 0 Å². The van der Waals surface area contributed by atoms with Crippen LogP contribution in [0.5, 0.6) is 0 Å². The Morgan fingerprint density at radius 2 is 1.20 bits per heavy atom. The molecule has 0 fully saturated rings. The van der Waals surface area contributed by atoms with Gasteiger partial charge in [-0.1, -0.05) is 18.2 Å². The van der Waals surface area contributed by atoms with Gasteiger partial charge >= 0.3 is 17.6 Å². The van der Waals surface area contributed by atoms with Crippen molar-refractivity contribution in [3.8, 4) is 0 Å². The minimum Gasteiger partial charge on any atom is -0.377 e. The number of hydrogen-bond acceptors (Lipinski definition) is 7. The lowest BCUT2D eigenvalue weighted by Gasteiger charge is -2.33. The fourth-order valence-corrected chi connectivity index (χ4v) is 6.06. The van der Waals surface area contributed by atoms with Crippen LogP contribution in [-0.2, 0) is 26.6 Å². The molecule has 0 aliphatic heterocycles. The first-order valence-corrected chi connectivity index (χ1v) is 12.0. The normalized spacial score (nSPS) is 12.4. The van der Waals surface area contributed by atoms with Crippen molar-refractivity contribution in [2.24, 2.45) is 0 Å². The smallest absolute Gasteiger partial charge is 0.377 e. The van der Waals surface area contributed by atoms with Gasteiger partial charge in [-0.15, -0.1) is 0 Å². The molecule has 0 unspecified atom stereocenters. The van der Waals surface area contributed by atoms with E-state index < -0.39 is 17.6 Å². The molecule has 0 aromatic heterocycles. The molecule has 144 valence electrons. The zero-order valence-corrected chi connectivity index (χ0v) is 18.1. The maximum Gasteiger partial charge on any atom is 0.520 e. The van der Waals surface area contributed by atoms with Crippen molar-refractivity contribution in [2.45, 2.75) is 12.5 Å². The Morgan fingerprint density at radius 3 is 1.64 bits per heavy atom. The number of para-hydroxylation sites is 1. The maximum absolute atomic E-state index is 5.59. The molecular weight excluding hydrogens is 358 g/mol. The Balaban J connectivity index is 2.86. The fourth-order valence-electron chi connectivity index (χ4n) is 2.66. The summed E-state index contributed by atoms with van der Waals surface area (Å²) in [4.78, 5) is 2.21. The van der Waals surface area contributed by atoms with Crippen LogP contribution in [0.4, 0.5) is 5.69 Å². The van der Waals surface area contributed by atoms with Gasteiger partial charge in [-0.3, -0.25) is 0 Å². The summed E-state index contributed by atoms with van der Waals surface area (Å²) in [7, 11) is 4.46. The molecule has 0 N–H and O–H groups in total. The molecule has 0 bridgehead atoms. The Labute approximate surface area is 153 Å². The highest BCUT2D eigenvalue weighted by atomic mass is 28.4. The molecule has 1 rings (SSSR count). The zero-order valence-electron chi connectivity index (χ0n) is 16.1. The van der Waals surface area contributed by atoms with E-state index in [-0.39, 0.29) is 0 Å². The lowest BCUT2D eigenvalue weighted by Crippen LogP contribution is -2.54. The Bertz CT molecular complexity index is 454. The number of nitrogens with zero attached hydrogens (tertiary/aromatic N) is 1. The van der Waals surface area contributed by atoms with Crippen LogP contribution in [0.2, 0.25) is 6.04 Å². The van der Waals surface area contributed by atoms with E-state index in [0.717, 1.165) is 24.7 Å². The molecule has 1 aromatic carbocycles. The summed E-state index contributed by atoms with van der Waals surface area (Å²) in [5.41, 5.74) is 1.09. The molecule has 0 saturated heterocycles. The third kappa shape index (κ3) is 6.15. The second kappa shape index (κ2) is 11.0. The molecule has 0 heterocycles. The topological polar surface area (TPSA) is 58.6 Å². The Morgan fingerprint density at radius 1 is 0.720 bits per heavy atom. The van der Waals surface area contributed by atoms with Crippen molar-refractivity contribution < 1.29 is 26.6 Å². The van der Waals surface area contributed by atoms with Gasteiger partial charge in [0.15, 0.2) is 0 Å². The number of hydrogen-bond donors (Lipinski definition) is 0. The van der Waals surface area contributed by atoms with Gasteiger partial charge in [-0.2, -0.15) is 0 Å². The van der Waals surface area contributed by atoms with Gasteiger partial charge in [0.05, 0.1) is 6.17 Å². The minimum atomic E-state index is -2.74. The lowest BCUT2D eigenvalue weighted by molar-refractivity contribution is 0.122. The Kier molecular flexibility index (Phi) is 9.83. The summed E-state index contributed by atoms with van der Waals surface area (Å²) in [6.07, 6.45) is 1.40. The van der Waals surface area contributed by atoms with Crippen LogP contribution in [0, 0.1) is 0 Å². The second-order valence-electron chi connectivity index (χ2n) is 5.45. The van der Waals surface area contributed by atoms with Crippen LogP contribution in [0.25, 0.3) is 0 Å². The van der Waals surface area contributed by atoms with Crippen molar-refractivity contribution in [3.05, 3.63) is 30.3 Å². The average Bonchev–Trinajstić information content (AvgIpc) is 2.69. The van der Waals surface area contributed by atoms with E-state index in [1.165, 1.54) is 0 Å². The molecule has 1 aromatic rings. The summed E-state index contributed by atoms with van der Waals surface area (Å²) in [6, 6.07) is 10.9. The van der Waals surface area contributed by atoms with Gasteiger partial charge < -0.3 is 31.5 Å². The molecule has 0 aliphatic rings. The third-order valence-corrected chi connectivity index (χ3v) is 9.75. The number of anilines is 1. The maximum atomic E-state index is 5.59. The van der Waals surface area contributed by atoms with Crippen LogP contribution >= 0.6 is 0 Å². The van der Waals surface area contributed by atoms with Crippen LogP contribution < -0.4 is 4.90 Å². The SMILES string of the molecule is CO[Si](CCCN(C[Si](OC)(OC)OC)c1ccccc1)(OC)OC. The quantitative estimate of drug-likeness (QED) is 0.479. The molecule has 0 spiro atoms. The average molecular weight is 390 g/mol. The summed E-state index contributed by atoms with van der Waals surface area (Å²) in [6.45, 7) is 0.777. The monoisotopic (exact) mass is 389 g/mol. The van der Waals surface area contributed by atoms with E-state index in [0.29, 0.717) is 6.17 Å². The van der Waals surface area contributed by atoms with Gasteiger partial charge in [0.1, 0.15) is 0 Å². The van der Waals surface area contributed by atoms with E-state index in [2.05, 4.69) is 17.0 Å². The number of rotatable bonds is 13. The molecular formula is C16H31NO6Si2. The molecule has 0 radical (unpaired) electrons. The molecule has 25 heavy (non-hydrogen) atoms. The van der Waals surface area contributed by atoms with Gasteiger partial charge in [0.25, 0.3) is 0 Å². The lowest BCUT2D eigenvalue weighted by atomic mass is 10.3. The van der Waals surface area contributed by atoms with E-state index in [1.54, 1.807) is 42.7 Å². The van der Waals surface area contributed by atoms with Gasteiger partial charge in [-0.05, 0) is 18.6 Å². The van der Waals surface area contributed by atoms with Crippen molar-refractivity contribution in [2.75, 3.05) is 60.3 Å². The molecule has 7 nitrogen and oxygen atoms in total. The van der Waals surface area contributed by atoms with Gasteiger partial charge in [-0.25, -0.2) is 0 Å².